The lowest BCUT2D eigenvalue weighted by Gasteiger charge is -2.42. The van der Waals surface area contributed by atoms with Crippen LogP contribution in [0.4, 0.5) is 0 Å². The number of unbranched alkanes of at least 4 members (excludes halogenated alkanes) is 2. The Labute approximate surface area is 696 Å². The van der Waals surface area contributed by atoms with Gasteiger partial charge in [-0.25, -0.2) is 0 Å². The van der Waals surface area contributed by atoms with Crippen LogP contribution in [0.15, 0.2) is 0 Å². The molecule has 120 heavy (non-hydrogen) atoms. The molecular weight excluding hydrogens is 1640 g/mol. The highest BCUT2D eigenvalue weighted by atomic mass is 31.2. The summed E-state index contributed by atoms with van der Waals surface area (Å²) in [5, 5.41) is 115. The molecule has 5 rings (SSSR count). The molecule has 43 nitrogen and oxygen atoms in total. The highest BCUT2D eigenvalue weighted by Crippen LogP contribution is 2.50. The molecule has 0 aromatic carbocycles. The van der Waals surface area contributed by atoms with Crippen LogP contribution in [0.25, 0.3) is 0 Å². The molecule has 23 atom stereocenters. The molecule has 6 amide bonds. The first-order chi connectivity index (χ1) is 56.7. The van der Waals surface area contributed by atoms with Crippen molar-refractivity contribution in [1.82, 2.24) is 31.5 Å². The fourth-order valence-electron chi connectivity index (χ4n) is 13.7. The van der Waals surface area contributed by atoms with E-state index >= 15 is 0 Å². The summed E-state index contributed by atoms with van der Waals surface area (Å²) in [6.45, 7) is 2.18. The highest BCUT2D eigenvalue weighted by molar-refractivity contribution is 7.58. The normalized spacial score (nSPS) is 29.1. The van der Waals surface area contributed by atoms with E-state index < -0.39 is 237 Å². The molecule has 0 saturated carbocycles. The molecule has 5 saturated heterocycles. The number of nitrogens with one attached hydrogen (secondary N) is 5. The van der Waals surface area contributed by atoms with Crippen LogP contribution < -0.4 is 26.6 Å². The summed E-state index contributed by atoms with van der Waals surface area (Å²) < 4.78 is 87.2. The molecule has 0 aromatic rings. The van der Waals surface area contributed by atoms with Gasteiger partial charge in [-0.05, 0) is 38.9 Å². The largest absolute Gasteiger partial charge is 0.394 e. The lowest BCUT2D eigenvalue weighted by molar-refractivity contribution is -0.269. The van der Waals surface area contributed by atoms with E-state index in [-0.39, 0.29) is 185 Å². The van der Waals surface area contributed by atoms with Gasteiger partial charge >= 0.3 is 7.60 Å². The molecule has 0 bridgehead atoms. The molecule has 0 radical (unpaired) electrons. The molecule has 9 unspecified atom stereocenters. The second kappa shape index (κ2) is 53.2. The number of likely N-dealkylation sites (tertiary alicyclic amines) is 1. The van der Waals surface area contributed by atoms with Crippen molar-refractivity contribution in [3.05, 3.63) is 0 Å². The van der Waals surface area contributed by atoms with Gasteiger partial charge < -0.3 is 153 Å². The zero-order valence-electron chi connectivity index (χ0n) is 69.0. The van der Waals surface area contributed by atoms with Crippen LogP contribution in [-0.4, -0.2) is 376 Å². The van der Waals surface area contributed by atoms with Gasteiger partial charge in [0.2, 0.25) is 43.0 Å². The number of hydrogen-bond acceptors (Lipinski definition) is 36. The number of ether oxygens (including phenoxy) is 10. The standard InChI is InChI=1S/C75H128N6O37P2/c1-43(2)120(104,105)113-39-59-55(32-44(3)114-59)118-119(7,103)112-38-48-33-54(93)34-81(48)62(96)17-16-61(95)80-75(41-107-27-20-51(90)14-11-15-52(91)22-30-110-73-64(78-46(5)86)70(101)67(98)57(36-83)116-73,42-108-28-24-60(94)76-25-18-53(92)23-31-111-74-65(79-47(6)87)71(102)68(99)58(37-84)117-74)40-106-26-19-49(88)12-9-8-10-13-50(89)21-29-109-72-63(77-45(4)85)69(100)66(97)56(35-82)115-72/h43-44,48,54-59,63-74,82-84,93,97-103H,7-42H2,1-6H3,(H,76,94)(H,77,85)(H,78,86)(H,79,87)(H,80,95)(H,104,105)/t44-,48-,54+,55-,56?,57?,58?,59+,63?,64?,65?,66-,67-,68-,69+,70+,71+,72+,73+,74+,75?,119?/m0/s1. The number of aliphatic hydroxyl groups is 10. The van der Waals surface area contributed by atoms with Gasteiger partial charge in [0.1, 0.15) is 114 Å². The van der Waals surface area contributed by atoms with E-state index in [1.807, 2.05) is 0 Å². The summed E-state index contributed by atoms with van der Waals surface area (Å²) >= 11 is 0. The number of aliphatic hydroxyl groups excluding tert-OH is 10. The van der Waals surface area contributed by atoms with Gasteiger partial charge in [0.05, 0.1) is 123 Å². The Morgan fingerprint density at radius 3 is 1.31 bits per heavy atom. The Bertz CT molecular complexity index is 3260. The first kappa shape index (κ1) is 105. The van der Waals surface area contributed by atoms with Crippen molar-refractivity contribution >= 4 is 85.8 Å². The Balaban J connectivity index is 1.24. The van der Waals surface area contributed by atoms with Crippen LogP contribution in [0.3, 0.4) is 0 Å². The third-order valence-corrected chi connectivity index (χ3v) is 23.3. The summed E-state index contributed by atoms with van der Waals surface area (Å²) in [7, 11) is -7.99. The van der Waals surface area contributed by atoms with Crippen molar-refractivity contribution in [2.24, 2.45) is 0 Å². The number of rotatable bonds is 59. The molecule has 5 aliphatic heterocycles. The summed E-state index contributed by atoms with van der Waals surface area (Å²) in [4.78, 5) is 166. The molecule has 5 heterocycles. The first-order valence-corrected chi connectivity index (χ1v) is 43.9. The predicted octanol–water partition coefficient (Wildman–Crippen LogP) is -4.30. The number of β-amino-alcohol motifs (C(OH)–C–C–N with tert-alkyl or cyclic N) is 1. The minimum absolute atomic E-state index is 0.0175. The van der Waals surface area contributed by atoms with E-state index in [0.717, 1.165) is 6.92 Å². The number of nitrogens with zero attached hydrogens (tertiary/aromatic N) is 1. The summed E-state index contributed by atoms with van der Waals surface area (Å²) in [6, 6.07) is -4.55. The zero-order valence-corrected chi connectivity index (χ0v) is 70.8. The van der Waals surface area contributed by atoms with Gasteiger partial charge in [0, 0.05) is 124 Å². The third-order valence-electron chi connectivity index (χ3n) is 20.4. The maximum atomic E-state index is 14.4. The van der Waals surface area contributed by atoms with Gasteiger partial charge in [0.25, 0.3) is 0 Å². The molecule has 45 heteroatoms. The molecular formula is C75H128N6O37P2. The van der Waals surface area contributed by atoms with Gasteiger partial charge in [-0.1, -0.05) is 20.3 Å². The Morgan fingerprint density at radius 2 is 0.892 bits per heavy atom. The lowest BCUT2D eigenvalue weighted by Crippen LogP contribution is -2.64. The van der Waals surface area contributed by atoms with E-state index in [1.54, 1.807) is 6.92 Å². The highest BCUT2D eigenvalue weighted by Gasteiger charge is 2.49. The molecule has 0 aromatic heterocycles. The third kappa shape index (κ3) is 36.7. The molecule has 690 valence electrons. The Kier molecular flexibility index (Phi) is 46.7. The quantitative estimate of drug-likeness (QED) is 0.0202. The monoisotopic (exact) mass is 1770 g/mol. The first-order valence-electron chi connectivity index (χ1n) is 40.5. The van der Waals surface area contributed by atoms with E-state index in [1.165, 1.54) is 32.6 Å². The summed E-state index contributed by atoms with van der Waals surface area (Å²) in [5.74, 6) is -5.21. The SMILES string of the molecule is C=P(O)(OC[C@@H]1C[C@@H](O)CN1C(=O)CCC(=O)NC(COCCC(=O)CCCCCC(=O)CCO[C@@H]1OC(CO)[C@H](O)[C@H](O)C1NC(C)=O)(COCCC(=O)CCCC(=O)CCO[C@@H]1OC(CO)[C@H](O)[C@H](O)C1NC(C)=O)COCCC(=O)NCCC(=O)CCO[C@@H]1OC(CO)[C@H](O)[C@H](O)C1NC(C)=O)O[C@H]1C[C@H](C)O[C@@H]1COP(=O)(O)C(C)C. The fraction of sp³-hybridized carbons (Fsp3) is 0.840. The van der Waals surface area contributed by atoms with E-state index in [9.17, 15) is 118 Å². The van der Waals surface area contributed by atoms with Crippen molar-refractivity contribution in [2.75, 3.05) is 106 Å². The lowest BCUT2D eigenvalue weighted by atomic mass is 9.97. The van der Waals surface area contributed by atoms with Crippen LogP contribution in [0.5, 0.6) is 0 Å². The Morgan fingerprint density at radius 1 is 0.483 bits per heavy atom. The van der Waals surface area contributed by atoms with Crippen molar-refractivity contribution in [3.8, 4) is 0 Å². The van der Waals surface area contributed by atoms with Crippen molar-refractivity contribution in [3.63, 3.8) is 0 Å². The predicted molar refractivity (Wildman–Crippen MR) is 417 cm³/mol. The van der Waals surface area contributed by atoms with Crippen molar-refractivity contribution < 1.29 is 179 Å². The smallest absolute Gasteiger partial charge is 0.330 e. The van der Waals surface area contributed by atoms with E-state index in [0.29, 0.717) is 19.3 Å². The molecule has 5 aliphatic rings. The second-order valence-electron chi connectivity index (χ2n) is 30.9. The van der Waals surface area contributed by atoms with Crippen LogP contribution >= 0.6 is 15.2 Å². The fourth-order valence-corrected chi connectivity index (χ4v) is 15.4. The average molecular weight is 1770 g/mol. The minimum Gasteiger partial charge on any atom is -0.394 e. The zero-order chi connectivity index (χ0) is 89.0. The topological polar surface area (TPSA) is 631 Å². The molecule has 17 N–H and O–H groups in total. The maximum Gasteiger partial charge on any atom is 0.330 e. The van der Waals surface area contributed by atoms with E-state index in [2.05, 4.69) is 32.9 Å². The number of carbonyl (C=O) groups excluding carboxylic acids is 11. The van der Waals surface area contributed by atoms with Gasteiger partial charge in [-0.15, -0.1) is 0 Å². The molecule has 5 fully saturated rings. The van der Waals surface area contributed by atoms with Crippen LogP contribution in [-0.2, 0) is 118 Å². The van der Waals surface area contributed by atoms with Crippen LogP contribution in [0.1, 0.15) is 164 Å². The minimum atomic E-state index is -4.02. The van der Waals surface area contributed by atoms with Crippen LogP contribution in [0, 0.1) is 0 Å². The Hall–Kier alpha value is -5.30. The number of amides is 6. The van der Waals surface area contributed by atoms with Gasteiger partial charge in [0.15, 0.2) is 18.9 Å². The number of Topliss-reactive ketones (excluding diaryl/α,β-unsaturated/α-hetero) is 5. The maximum absolute atomic E-state index is 14.4. The second-order valence-corrected chi connectivity index (χ2v) is 35.1. The number of ketones is 5. The summed E-state index contributed by atoms with van der Waals surface area (Å²) in [5.41, 5.74) is -2.44. The van der Waals surface area contributed by atoms with Crippen LogP contribution in [0.2, 0.25) is 0 Å². The number of carbonyl (C=O) groups is 11. The van der Waals surface area contributed by atoms with Gasteiger partial charge in [-0.3, -0.25) is 57.3 Å². The van der Waals surface area contributed by atoms with Crippen molar-refractivity contribution in [2.45, 2.75) is 297 Å². The van der Waals surface area contributed by atoms with E-state index in [4.69, 9.17) is 60.9 Å². The molecule has 0 spiro atoms. The number of hydrogen-bond donors (Lipinski definition) is 17. The molecule has 0 aliphatic carbocycles. The summed E-state index contributed by atoms with van der Waals surface area (Å²) in [6.07, 6.45) is -17.3. The van der Waals surface area contributed by atoms with Crippen molar-refractivity contribution in [1.29, 1.82) is 0 Å². The van der Waals surface area contributed by atoms with Gasteiger partial charge in [-0.2, -0.15) is 0 Å². The average Bonchev–Trinajstić information content (AvgIpc) is 0.862.